The van der Waals surface area contributed by atoms with Gasteiger partial charge in [0.1, 0.15) is 0 Å². The number of carbonyl (C=O) groups is 2. The van der Waals surface area contributed by atoms with Crippen molar-refractivity contribution >= 4 is 33.0 Å². The Hall–Kier alpha value is -1.41. The van der Waals surface area contributed by atoms with Crippen LogP contribution in [0.3, 0.4) is 0 Å². The van der Waals surface area contributed by atoms with Crippen molar-refractivity contribution in [3.05, 3.63) is 21.4 Å². The van der Waals surface area contributed by atoms with E-state index in [1.54, 1.807) is 6.07 Å². The van der Waals surface area contributed by atoms with E-state index >= 15 is 0 Å². The van der Waals surface area contributed by atoms with Crippen molar-refractivity contribution in [1.29, 1.82) is 0 Å². The molecule has 2 rings (SSSR count). The quantitative estimate of drug-likeness (QED) is 0.803. The first-order chi connectivity index (χ1) is 10.3. The lowest BCUT2D eigenvalue weighted by Gasteiger charge is -2.09. The normalized spacial score (nSPS) is 19.8. The molecule has 0 radical (unpaired) electrons. The van der Waals surface area contributed by atoms with Gasteiger partial charge in [-0.2, -0.15) is 0 Å². The third-order valence-electron chi connectivity index (χ3n) is 3.68. The smallest absolute Gasteiger partial charge is 0.273 e. The number of rotatable bonds is 4. The molecule has 1 aliphatic heterocycles. The van der Waals surface area contributed by atoms with E-state index in [-0.39, 0.29) is 35.7 Å². The van der Waals surface area contributed by atoms with Gasteiger partial charge < -0.3 is 0 Å². The van der Waals surface area contributed by atoms with Crippen molar-refractivity contribution in [2.45, 2.75) is 33.1 Å². The number of nitrogens with one attached hydrogen (secondary N) is 2. The Bertz CT molecular complexity index is 679. The molecule has 0 aliphatic carbocycles. The Morgan fingerprint density at radius 3 is 2.64 bits per heavy atom. The highest BCUT2D eigenvalue weighted by molar-refractivity contribution is 7.91. The van der Waals surface area contributed by atoms with E-state index in [2.05, 4.69) is 10.9 Å². The van der Waals surface area contributed by atoms with Gasteiger partial charge in [-0.25, -0.2) is 8.42 Å². The molecule has 0 aromatic carbocycles. The summed E-state index contributed by atoms with van der Waals surface area (Å²) in [6.45, 7) is 3.98. The van der Waals surface area contributed by atoms with Crippen molar-refractivity contribution in [2.24, 2.45) is 5.92 Å². The zero-order valence-electron chi connectivity index (χ0n) is 12.6. The maximum atomic E-state index is 12.0. The summed E-state index contributed by atoms with van der Waals surface area (Å²) < 4.78 is 22.7. The lowest BCUT2D eigenvalue weighted by Crippen LogP contribution is -2.42. The minimum Gasteiger partial charge on any atom is -0.273 e. The van der Waals surface area contributed by atoms with Gasteiger partial charge in [-0.3, -0.25) is 20.4 Å². The predicted octanol–water partition coefficient (Wildman–Crippen LogP) is 1.20. The van der Waals surface area contributed by atoms with Crippen LogP contribution in [0.25, 0.3) is 0 Å². The minimum atomic E-state index is -2.99. The van der Waals surface area contributed by atoms with Crippen LogP contribution in [0.15, 0.2) is 6.07 Å². The van der Waals surface area contributed by atoms with E-state index < -0.39 is 9.84 Å². The number of hydrogen-bond donors (Lipinski definition) is 2. The van der Waals surface area contributed by atoms with E-state index in [9.17, 15) is 18.0 Å². The number of thiophene rings is 1. The molecule has 1 fully saturated rings. The number of aryl methyl sites for hydroxylation is 2. The summed E-state index contributed by atoms with van der Waals surface area (Å²) in [6.07, 6.45) is 1.49. The zero-order chi connectivity index (χ0) is 16.3. The molecule has 0 spiro atoms. The Morgan fingerprint density at radius 1 is 1.36 bits per heavy atom. The number of hydrazine groups is 1. The van der Waals surface area contributed by atoms with Crippen molar-refractivity contribution in [2.75, 3.05) is 11.5 Å². The van der Waals surface area contributed by atoms with Gasteiger partial charge in [0.25, 0.3) is 5.91 Å². The van der Waals surface area contributed by atoms with Crippen LogP contribution in [0.5, 0.6) is 0 Å². The summed E-state index contributed by atoms with van der Waals surface area (Å²) in [5.41, 5.74) is 5.81. The highest BCUT2D eigenvalue weighted by Gasteiger charge is 2.29. The van der Waals surface area contributed by atoms with E-state index in [0.29, 0.717) is 11.3 Å². The van der Waals surface area contributed by atoms with Gasteiger partial charge in [0.2, 0.25) is 5.91 Å². The van der Waals surface area contributed by atoms with E-state index in [1.165, 1.54) is 11.3 Å². The second kappa shape index (κ2) is 6.78. The molecule has 2 N–H and O–H groups in total. The van der Waals surface area contributed by atoms with Gasteiger partial charge in [-0.15, -0.1) is 11.3 Å². The monoisotopic (exact) mass is 344 g/mol. The van der Waals surface area contributed by atoms with Crippen LogP contribution in [-0.2, 0) is 21.1 Å². The zero-order valence-corrected chi connectivity index (χ0v) is 14.3. The molecule has 1 aromatic heterocycles. The molecule has 2 amide bonds. The summed E-state index contributed by atoms with van der Waals surface area (Å²) in [5, 5.41) is 0. The third-order valence-corrected chi connectivity index (χ3v) is 6.90. The lowest BCUT2D eigenvalue weighted by molar-refractivity contribution is -0.122. The molecular weight excluding hydrogens is 324 g/mol. The first kappa shape index (κ1) is 17.0. The maximum absolute atomic E-state index is 12.0. The second-order valence-corrected chi connectivity index (χ2v) is 8.91. The average molecular weight is 344 g/mol. The Labute approximate surface area is 134 Å². The summed E-state index contributed by atoms with van der Waals surface area (Å²) in [5.74, 6) is -0.665. The molecular formula is C14H20N2O4S2. The molecule has 0 saturated carbocycles. The number of sulfone groups is 1. The highest BCUT2D eigenvalue weighted by Crippen LogP contribution is 2.22. The fraction of sp³-hybridized carbons (Fsp3) is 0.571. The maximum Gasteiger partial charge on any atom is 0.279 e. The highest BCUT2D eigenvalue weighted by atomic mass is 32.2. The molecule has 2 heterocycles. The largest absolute Gasteiger partial charge is 0.279 e. The van der Waals surface area contributed by atoms with Crippen LogP contribution in [0.2, 0.25) is 0 Å². The number of hydrogen-bond acceptors (Lipinski definition) is 5. The molecule has 0 bridgehead atoms. The van der Waals surface area contributed by atoms with Crippen LogP contribution >= 0.6 is 11.3 Å². The summed E-state index contributed by atoms with van der Waals surface area (Å²) >= 11 is 1.41. The van der Waals surface area contributed by atoms with Crippen LogP contribution < -0.4 is 10.9 Å². The van der Waals surface area contributed by atoms with Crippen molar-refractivity contribution in [3.63, 3.8) is 0 Å². The van der Waals surface area contributed by atoms with Gasteiger partial charge in [0.05, 0.1) is 16.4 Å². The Kier molecular flexibility index (Phi) is 5.23. The summed E-state index contributed by atoms with van der Waals surface area (Å²) in [4.78, 5) is 25.4. The number of amides is 2. The SMILES string of the molecule is CCc1sc(C(=O)NNC(=O)C[C@H]2CCS(=O)(=O)C2)cc1C. The third kappa shape index (κ3) is 4.30. The van der Waals surface area contributed by atoms with Crippen LogP contribution in [-0.4, -0.2) is 31.7 Å². The van der Waals surface area contributed by atoms with E-state index in [4.69, 9.17) is 0 Å². The Morgan fingerprint density at radius 2 is 2.09 bits per heavy atom. The molecule has 1 aromatic rings. The standard InChI is InChI=1S/C14H20N2O4S2/c1-3-11-9(2)6-12(21-11)14(18)16-15-13(17)7-10-4-5-22(19,20)8-10/h6,10H,3-5,7-8H2,1-2H3,(H,15,17)(H,16,18)/t10-/m1/s1. The van der Waals surface area contributed by atoms with Crippen molar-refractivity contribution in [3.8, 4) is 0 Å². The average Bonchev–Trinajstić information content (AvgIpc) is 2.98. The van der Waals surface area contributed by atoms with Gasteiger partial charge >= 0.3 is 0 Å². The van der Waals surface area contributed by atoms with Crippen LogP contribution in [0.1, 0.15) is 39.9 Å². The van der Waals surface area contributed by atoms with Gasteiger partial charge in [0.15, 0.2) is 9.84 Å². The lowest BCUT2D eigenvalue weighted by atomic mass is 10.1. The van der Waals surface area contributed by atoms with Crippen molar-refractivity contribution < 1.29 is 18.0 Å². The van der Waals surface area contributed by atoms with Crippen molar-refractivity contribution in [1.82, 2.24) is 10.9 Å². The Balaban J connectivity index is 1.82. The first-order valence-corrected chi connectivity index (χ1v) is 9.83. The fourth-order valence-electron chi connectivity index (χ4n) is 2.52. The predicted molar refractivity (Wildman–Crippen MR) is 85.4 cm³/mol. The molecule has 122 valence electrons. The van der Waals surface area contributed by atoms with E-state index in [0.717, 1.165) is 16.9 Å². The fourth-order valence-corrected chi connectivity index (χ4v) is 5.39. The molecule has 1 aliphatic rings. The van der Waals surface area contributed by atoms with Gasteiger partial charge in [-0.1, -0.05) is 6.92 Å². The second-order valence-electron chi connectivity index (χ2n) is 5.55. The van der Waals surface area contributed by atoms with Gasteiger partial charge in [-0.05, 0) is 37.3 Å². The van der Waals surface area contributed by atoms with Crippen LogP contribution in [0, 0.1) is 12.8 Å². The molecule has 8 heteroatoms. The molecule has 0 unspecified atom stereocenters. The summed E-state index contributed by atoms with van der Waals surface area (Å²) in [7, 11) is -2.99. The molecule has 1 atom stereocenters. The topological polar surface area (TPSA) is 92.3 Å². The molecule has 1 saturated heterocycles. The minimum absolute atomic E-state index is 0.0539. The number of carbonyl (C=O) groups excluding carboxylic acids is 2. The summed E-state index contributed by atoms with van der Waals surface area (Å²) in [6, 6.07) is 1.80. The first-order valence-electron chi connectivity index (χ1n) is 7.19. The molecule has 6 nitrogen and oxygen atoms in total. The van der Waals surface area contributed by atoms with Gasteiger partial charge in [0, 0.05) is 11.3 Å². The molecule has 22 heavy (non-hydrogen) atoms. The van der Waals surface area contributed by atoms with Crippen LogP contribution in [0.4, 0.5) is 0 Å². The van der Waals surface area contributed by atoms with E-state index in [1.807, 2.05) is 13.8 Å².